The lowest BCUT2D eigenvalue weighted by atomic mass is 9.94. The molecule has 1 aromatic heterocycles. The molecule has 1 aliphatic rings. The summed E-state index contributed by atoms with van der Waals surface area (Å²) in [7, 11) is 0. The van der Waals surface area contributed by atoms with Crippen LogP contribution in [-0.2, 0) is 14.3 Å². The number of carbonyl (C=O) groups excluding carboxylic acids is 2. The molecular weight excluding hydrogens is 519 g/mol. The molecule has 0 aliphatic carbocycles. The first kappa shape index (κ1) is 28.6. The minimum absolute atomic E-state index is 0.100. The Kier molecular flexibility index (Phi) is 9.68. The zero-order valence-corrected chi connectivity index (χ0v) is 23.2. The summed E-state index contributed by atoms with van der Waals surface area (Å²) in [5, 5.41) is 0.881. The second-order valence-corrected chi connectivity index (χ2v) is 10.3. The van der Waals surface area contributed by atoms with Crippen molar-refractivity contribution >= 4 is 40.8 Å². The number of hydrogen-bond donors (Lipinski definition) is 0. The molecule has 0 N–H and O–H groups in total. The van der Waals surface area contributed by atoms with Crippen LogP contribution in [0.4, 0.5) is 4.79 Å². The first-order valence-corrected chi connectivity index (χ1v) is 12.8. The zero-order chi connectivity index (χ0) is 27.2. The van der Waals surface area contributed by atoms with E-state index in [9.17, 15) is 9.59 Å². The van der Waals surface area contributed by atoms with Crippen molar-refractivity contribution < 1.29 is 28.5 Å². The maximum absolute atomic E-state index is 12.7. The molecule has 0 radical (unpaired) electrons. The summed E-state index contributed by atoms with van der Waals surface area (Å²) in [6.07, 6.45) is 1.63. The fourth-order valence-corrected chi connectivity index (χ4v) is 4.43. The zero-order valence-electron chi connectivity index (χ0n) is 21.7. The number of ether oxygens (including phenoxy) is 4. The summed E-state index contributed by atoms with van der Waals surface area (Å²) < 4.78 is 22.1. The summed E-state index contributed by atoms with van der Waals surface area (Å²) in [5.41, 5.74) is 2.27. The third-order valence-electron chi connectivity index (χ3n) is 5.33. The molecule has 1 aliphatic heterocycles. The van der Waals surface area contributed by atoms with Gasteiger partial charge in [0.05, 0.1) is 28.8 Å². The first-order valence-electron chi connectivity index (χ1n) is 12.0. The molecule has 0 bridgehead atoms. The second-order valence-electron chi connectivity index (χ2n) is 9.47. The lowest BCUT2D eigenvalue weighted by molar-refractivity contribution is -0.138. The number of hydrogen-bond acceptors (Lipinski definition) is 7. The molecular formula is C27H32Cl2N2O6. The van der Waals surface area contributed by atoms with Gasteiger partial charge in [-0.2, -0.15) is 0 Å². The number of amides is 1. The van der Waals surface area contributed by atoms with Crippen LogP contribution in [0.5, 0.6) is 11.6 Å². The maximum Gasteiger partial charge on any atom is 0.410 e. The van der Waals surface area contributed by atoms with Gasteiger partial charge in [-0.25, -0.2) is 14.6 Å². The van der Waals surface area contributed by atoms with Gasteiger partial charge in [-0.05, 0) is 75.9 Å². The van der Waals surface area contributed by atoms with Crippen molar-refractivity contribution in [2.75, 3.05) is 32.9 Å². The smallest absolute Gasteiger partial charge is 0.410 e. The number of halogens is 2. The van der Waals surface area contributed by atoms with Gasteiger partial charge in [0.2, 0.25) is 5.88 Å². The summed E-state index contributed by atoms with van der Waals surface area (Å²) in [6, 6.07) is 7.11. The molecule has 3 rings (SSSR count). The Morgan fingerprint density at radius 2 is 1.76 bits per heavy atom. The van der Waals surface area contributed by atoms with E-state index in [1.165, 1.54) is 4.90 Å². The maximum atomic E-state index is 12.7. The van der Waals surface area contributed by atoms with Crippen molar-refractivity contribution in [3.8, 4) is 11.6 Å². The summed E-state index contributed by atoms with van der Waals surface area (Å²) in [6.45, 7) is 10.2. The molecule has 8 nitrogen and oxygen atoms in total. The molecule has 2 aromatic rings. The van der Waals surface area contributed by atoms with Gasteiger partial charge in [-0.3, -0.25) is 0 Å². The topological polar surface area (TPSA) is 87.2 Å². The van der Waals surface area contributed by atoms with Crippen LogP contribution in [0.25, 0.3) is 5.57 Å². The molecule has 1 aromatic carbocycles. The monoisotopic (exact) mass is 550 g/mol. The summed E-state index contributed by atoms with van der Waals surface area (Å²) in [4.78, 5) is 31.2. The van der Waals surface area contributed by atoms with Crippen molar-refractivity contribution in [3.05, 3.63) is 57.2 Å². The standard InChI is InChI=1S/C27H32Cl2N2O6/c1-6-34-25(32)20-16-31(26(33)37-27(3,4)5)10-9-19(20)18-7-8-23(30-15-18)35-11-12-36-24-21(28)13-17(2)14-22(24)29/h7-8,13-15H,6,9-12,16H2,1-5H3. The minimum atomic E-state index is -0.630. The summed E-state index contributed by atoms with van der Waals surface area (Å²) >= 11 is 12.4. The third-order valence-corrected chi connectivity index (χ3v) is 5.89. The second kappa shape index (κ2) is 12.5. The summed E-state index contributed by atoms with van der Waals surface area (Å²) in [5.74, 6) is 0.353. The lowest BCUT2D eigenvalue weighted by Crippen LogP contribution is -2.42. The molecule has 2 heterocycles. The van der Waals surface area contributed by atoms with Crippen molar-refractivity contribution in [1.82, 2.24) is 9.88 Å². The normalized spacial score (nSPS) is 13.9. The van der Waals surface area contributed by atoms with Crippen LogP contribution in [0, 0.1) is 6.92 Å². The van der Waals surface area contributed by atoms with Crippen LogP contribution < -0.4 is 9.47 Å². The number of benzene rings is 1. The van der Waals surface area contributed by atoms with E-state index in [0.717, 1.165) is 16.7 Å². The number of aryl methyl sites for hydroxylation is 1. The average Bonchev–Trinajstić information content (AvgIpc) is 2.82. The lowest BCUT2D eigenvalue weighted by Gasteiger charge is -2.32. The highest BCUT2D eigenvalue weighted by atomic mass is 35.5. The highest BCUT2D eigenvalue weighted by molar-refractivity contribution is 6.37. The van der Waals surface area contributed by atoms with E-state index < -0.39 is 17.7 Å². The number of carbonyl (C=O) groups is 2. The number of esters is 1. The van der Waals surface area contributed by atoms with Crippen LogP contribution in [0.2, 0.25) is 10.0 Å². The molecule has 0 fully saturated rings. The van der Waals surface area contributed by atoms with Crippen LogP contribution in [0.3, 0.4) is 0 Å². The molecule has 0 unspecified atom stereocenters. The minimum Gasteiger partial charge on any atom is -0.487 e. The SMILES string of the molecule is CCOC(=O)C1=C(c2ccc(OCCOc3c(Cl)cc(C)cc3Cl)nc2)CCN(C(=O)OC(C)(C)C)C1. The van der Waals surface area contributed by atoms with Gasteiger partial charge in [0.1, 0.15) is 18.8 Å². The van der Waals surface area contributed by atoms with Gasteiger partial charge in [0, 0.05) is 18.8 Å². The van der Waals surface area contributed by atoms with Gasteiger partial charge < -0.3 is 23.8 Å². The van der Waals surface area contributed by atoms with E-state index >= 15 is 0 Å². The van der Waals surface area contributed by atoms with Crippen molar-refractivity contribution in [3.63, 3.8) is 0 Å². The van der Waals surface area contributed by atoms with E-state index in [2.05, 4.69) is 4.98 Å². The quantitative estimate of drug-likeness (QED) is 0.289. The first-order chi connectivity index (χ1) is 17.5. The van der Waals surface area contributed by atoms with Crippen LogP contribution in [-0.4, -0.2) is 60.5 Å². The highest BCUT2D eigenvalue weighted by Gasteiger charge is 2.31. The largest absolute Gasteiger partial charge is 0.487 e. The molecule has 0 spiro atoms. The highest BCUT2D eigenvalue weighted by Crippen LogP contribution is 2.34. The Bertz CT molecular complexity index is 1140. The Morgan fingerprint density at radius 1 is 1.08 bits per heavy atom. The van der Waals surface area contributed by atoms with E-state index in [1.54, 1.807) is 52.1 Å². The van der Waals surface area contributed by atoms with Crippen molar-refractivity contribution in [2.24, 2.45) is 0 Å². The Morgan fingerprint density at radius 3 is 2.35 bits per heavy atom. The van der Waals surface area contributed by atoms with Gasteiger partial charge in [-0.15, -0.1) is 0 Å². The van der Waals surface area contributed by atoms with Gasteiger partial charge in [0.25, 0.3) is 0 Å². The fourth-order valence-electron chi connectivity index (χ4n) is 3.73. The van der Waals surface area contributed by atoms with E-state index in [4.69, 9.17) is 42.1 Å². The van der Waals surface area contributed by atoms with Gasteiger partial charge in [-0.1, -0.05) is 23.2 Å². The third kappa shape index (κ3) is 8.01. The molecule has 200 valence electrons. The van der Waals surface area contributed by atoms with Crippen LogP contribution in [0.15, 0.2) is 36.0 Å². The number of pyridine rings is 1. The average molecular weight is 551 g/mol. The number of rotatable bonds is 8. The molecule has 1 amide bonds. The molecule has 0 saturated heterocycles. The fraction of sp³-hybridized carbons (Fsp3) is 0.444. The Balaban J connectivity index is 1.66. The van der Waals surface area contributed by atoms with E-state index in [-0.39, 0.29) is 26.4 Å². The molecule has 10 heteroatoms. The van der Waals surface area contributed by atoms with E-state index in [0.29, 0.717) is 40.2 Å². The molecule has 0 saturated carbocycles. The van der Waals surface area contributed by atoms with Gasteiger partial charge in [0.15, 0.2) is 5.75 Å². The van der Waals surface area contributed by atoms with Crippen molar-refractivity contribution in [2.45, 2.75) is 46.6 Å². The van der Waals surface area contributed by atoms with Crippen LogP contribution in [0.1, 0.15) is 45.2 Å². The number of nitrogens with zero attached hydrogens (tertiary/aromatic N) is 2. The van der Waals surface area contributed by atoms with Crippen LogP contribution >= 0.6 is 23.2 Å². The molecule has 0 atom stereocenters. The Hall–Kier alpha value is -2.97. The molecule has 37 heavy (non-hydrogen) atoms. The van der Waals surface area contributed by atoms with E-state index in [1.807, 2.05) is 13.0 Å². The van der Waals surface area contributed by atoms with Crippen molar-refractivity contribution in [1.29, 1.82) is 0 Å². The predicted molar refractivity (Wildman–Crippen MR) is 142 cm³/mol. The van der Waals surface area contributed by atoms with Gasteiger partial charge >= 0.3 is 12.1 Å². The predicted octanol–water partition coefficient (Wildman–Crippen LogP) is 6.11. The Labute approximate surface area is 227 Å². The number of aromatic nitrogens is 1.